The molecule has 4 amide bonds. The van der Waals surface area contributed by atoms with E-state index in [2.05, 4.69) is 11.9 Å². The van der Waals surface area contributed by atoms with Crippen molar-refractivity contribution in [1.82, 2.24) is 5.32 Å². The number of halogens is 1. The van der Waals surface area contributed by atoms with Crippen molar-refractivity contribution in [3.8, 4) is 11.5 Å². The van der Waals surface area contributed by atoms with E-state index < -0.39 is 17.8 Å². The van der Waals surface area contributed by atoms with Crippen molar-refractivity contribution in [2.24, 2.45) is 0 Å². The van der Waals surface area contributed by atoms with E-state index >= 15 is 0 Å². The molecule has 1 N–H and O–H groups in total. The summed E-state index contributed by atoms with van der Waals surface area (Å²) < 4.78 is 11.6. The van der Waals surface area contributed by atoms with Crippen LogP contribution in [0.5, 0.6) is 11.5 Å². The molecular weight excluding hydrogens is 480 g/mol. The number of anilines is 1. The molecule has 8 heteroatoms. The summed E-state index contributed by atoms with van der Waals surface area (Å²) >= 11 is 6.08. The van der Waals surface area contributed by atoms with Crippen LogP contribution < -0.4 is 19.7 Å². The SMILES string of the molecule is C=CCc1cc(/C=C2\C(=O)NC(=O)N(c3ccccc3)C2=O)cc(OC)c1OCc1cccc(Cl)c1. The number of para-hydroxylation sites is 1. The third kappa shape index (κ3) is 5.31. The molecule has 0 saturated carbocycles. The molecule has 182 valence electrons. The van der Waals surface area contributed by atoms with Crippen molar-refractivity contribution < 1.29 is 23.9 Å². The summed E-state index contributed by atoms with van der Waals surface area (Å²) in [6, 6.07) is 18.4. The fourth-order valence-electron chi connectivity index (χ4n) is 3.81. The molecule has 1 fully saturated rings. The number of nitrogens with zero attached hydrogens (tertiary/aromatic N) is 1. The number of allylic oxidation sites excluding steroid dienone is 1. The number of benzene rings is 3. The zero-order chi connectivity index (χ0) is 25.7. The van der Waals surface area contributed by atoms with Gasteiger partial charge >= 0.3 is 6.03 Å². The van der Waals surface area contributed by atoms with Crippen molar-refractivity contribution in [1.29, 1.82) is 0 Å². The van der Waals surface area contributed by atoms with Gasteiger partial charge in [0.1, 0.15) is 12.2 Å². The Morgan fingerprint density at radius 3 is 2.50 bits per heavy atom. The minimum Gasteiger partial charge on any atom is -0.493 e. The van der Waals surface area contributed by atoms with E-state index in [4.69, 9.17) is 21.1 Å². The molecule has 36 heavy (non-hydrogen) atoms. The van der Waals surface area contributed by atoms with Gasteiger partial charge in [-0.3, -0.25) is 14.9 Å². The quantitative estimate of drug-likeness (QED) is 0.256. The summed E-state index contributed by atoms with van der Waals surface area (Å²) in [5.41, 5.74) is 2.33. The molecule has 4 rings (SSSR count). The molecule has 1 aliphatic heterocycles. The average Bonchev–Trinajstić information content (AvgIpc) is 2.86. The van der Waals surface area contributed by atoms with Crippen molar-refractivity contribution in [3.63, 3.8) is 0 Å². The molecule has 1 saturated heterocycles. The number of nitrogens with one attached hydrogen (secondary N) is 1. The molecule has 0 unspecified atom stereocenters. The van der Waals surface area contributed by atoms with Crippen molar-refractivity contribution >= 4 is 41.2 Å². The predicted molar refractivity (Wildman–Crippen MR) is 138 cm³/mol. The van der Waals surface area contributed by atoms with Crippen LogP contribution in [0.1, 0.15) is 16.7 Å². The first kappa shape index (κ1) is 24.8. The van der Waals surface area contributed by atoms with Gasteiger partial charge in [-0.15, -0.1) is 6.58 Å². The number of amides is 4. The van der Waals surface area contributed by atoms with E-state index in [0.717, 1.165) is 16.0 Å². The van der Waals surface area contributed by atoms with Gasteiger partial charge in [0.2, 0.25) is 0 Å². The lowest BCUT2D eigenvalue weighted by molar-refractivity contribution is -0.122. The molecule has 1 aliphatic rings. The first-order valence-electron chi connectivity index (χ1n) is 11.1. The van der Waals surface area contributed by atoms with E-state index in [1.165, 1.54) is 13.2 Å². The maximum atomic E-state index is 13.2. The van der Waals surface area contributed by atoms with Gasteiger partial charge in [0, 0.05) is 10.6 Å². The summed E-state index contributed by atoms with van der Waals surface area (Å²) in [5.74, 6) is -0.564. The zero-order valence-corrected chi connectivity index (χ0v) is 20.2. The number of barbiturate groups is 1. The summed E-state index contributed by atoms with van der Waals surface area (Å²) in [6.45, 7) is 4.07. The Morgan fingerprint density at radius 2 is 1.81 bits per heavy atom. The third-order valence-corrected chi connectivity index (χ3v) is 5.67. The largest absolute Gasteiger partial charge is 0.493 e. The van der Waals surface area contributed by atoms with Crippen LogP contribution in [-0.4, -0.2) is 25.0 Å². The van der Waals surface area contributed by atoms with Gasteiger partial charge in [-0.2, -0.15) is 0 Å². The van der Waals surface area contributed by atoms with Crippen LogP contribution in [0.2, 0.25) is 5.02 Å². The molecule has 0 bridgehead atoms. The van der Waals surface area contributed by atoms with Gasteiger partial charge in [0.25, 0.3) is 11.8 Å². The Hall–Kier alpha value is -4.36. The minimum absolute atomic E-state index is 0.183. The summed E-state index contributed by atoms with van der Waals surface area (Å²) in [7, 11) is 1.50. The van der Waals surface area contributed by atoms with E-state index in [9.17, 15) is 14.4 Å². The summed E-state index contributed by atoms with van der Waals surface area (Å²) in [6.07, 6.45) is 3.59. The van der Waals surface area contributed by atoms with Gasteiger partial charge in [0.05, 0.1) is 12.8 Å². The van der Waals surface area contributed by atoms with Crippen LogP contribution in [0.25, 0.3) is 6.08 Å². The molecule has 7 nitrogen and oxygen atoms in total. The van der Waals surface area contributed by atoms with Crippen LogP contribution >= 0.6 is 11.6 Å². The molecule has 3 aromatic carbocycles. The molecule has 0 aliphatic carbocycles. The van der Waals surface area contributed by atoms with E-state index in [1.807, 2.05) is 18.2 Å². The average molecular weight is 503 g/mol. The molecule has 0 spiro atoms. The van der Waals surface area contributed by atoms with Crippen molar-refractivity contribution in [3.05, 3.63) is 107 Å². The Kier molecular flexibility index (Phi) is 7.51. The van der Waals surface area contributed by atoms with Crippen LogP contribution in [0.15, 0.2) is 85.0 Å². The highest BCUT2D eigenvalue weighted by molar-refractivity contribution is 6.39. The Labute approximate surface area is 213 Å². The predicted octanol–water partition coefficient (Wildman–Crippen LogP) is 5.32. The van der Waals surface area contributed by atoms with E-state index in [1.54, 1.807) is 54.6 Å². The van der Waals surface area contributed by atoms with Gasteiger partial charge in [-0.1, -0.05) is 48.0 Å². The second kappa shape index (κ2) is 10.9. The van der Waals surface area contributed by atoms with Crippen LogP contribution in [0, 0.1) is 0 Å². The van der Waals surface area contributed by atoms with Gasteiger partial charge < -0.3 is 9.47 Å². The first-order valence-corrected chi connectivity index (χ1v) is 11.4. The second-order valence-electron chi connectivity index (χ2n) is 7.92. The smallest absolute Gasteiger partial charge is 0.335 e. The summed E-state index contributed by atoms with van der Waals surface area (Å²) in [5, 5.41) is 2.83. The number of ether oxygens (including phenoxy) is 2. The van der Waals surface area contributed by atoms with Gasteiger partial charge in [0.15, 0.2) is 11.5 Å². The maximum Gasteiger partial charge on any atom is 0.335 e. The lowest BCUT2D eigenvalue weighted by Gasteiger charge is -2.26. The number of urea groups is 1. The number of methoxy groups -OCH3 is 1. The highest BCUT2D eigenvalue weighted by atomic mass is 35.5. The molecule has 0 atom stereocenters. The topological polar surface area (TPSA) is 84.9 Å². The molecule has 0 aromatic heterocycles. The van der Waals surface area contributed by atoms with Crippen molar-refractivity contribution in [2.75, 3.05) is 12.0 Å². The molecule has 3 aromatic rings. The maximum absolute atomic E-state index is 13.2. The van der Waals surface area contributed by atoms with Gasteiger partial charge in [-0.25, -0.2) is 9.69 Å². The number of imide groups is 2. The second-order valence-corrected chi connectivity index (χ2v) is 8.35. The Balaban J connectivity index is 1.70. The lowest BCUT2D eigenvalue weighted by Crippen LogP contribution is -2.54. The summed E-state index contributed by atoms with van der Waals surface area (Å²) in [4.78, 5) is 39.1. The fraction of sp³-hybridized carbons (Fsp3) is 0.107. The van der Waals surface area contributed by atoms with Crippen molar-refractivity contribution in [2.45, 2.75) is 13.0 Å². The van der Waals surface area contributed by atoms with E-state index in [-0.39, 0.29) is 12.2 Å². The number of carbonyl (C=O) groups excluding carboxylic acids is 3. The highest BCUT2D eigenvalue weighted by Gasteiger charge is 2.36. The first-order chi connectivity index (χ1) is 17.4. The monoisotopic (exact) mass is 502 g/mol. The minimum atomic E-state index is -0.803. The standard InChI is InChI=1S/C28H23ClN2O5/c1-3-8-20-13-19(16-24(35-2)25(20)36-17-18-9-7-10-21(29)14-18)15-23-26(32)30-28(34)31(27(23)33)22-11-5-4-6-12-22/h3-7,9-16H,1,8,17H2,2H3,(H,30,32,34)/b23-15+. The molecular formula is C28H23ClN2O5. The molecule has 0 radical (unpaired) electrons. The number of rotatable bonds is 8. The van der Waals surface area contributed by atoms with Gasteiger partial charge in [-0.05, 0) is 60.0 Å². The number of hydrogen-bond donors (Lipinski definition) is 1. The normalized spacial score (nSPS) is 14.6. The number of carbonyl (C=O) groups is 3. The van der Waals surface area contributed by atoms with Crippen LogP contribution in [-0.2, 0) is 22.6 Å². The number of hydrogen-bond acceptors (Lipinski definition) is 5. The van der Waals surface area contributed by atoms with Crippen LogP contribution in [0.4, 0.5) is 10.5 Å². The fourth-order valence-corrected chi connectivity index (χ4v) is 4.02. The Bertz CT molecular complexity index is 1370. The van der Waals surface area contributed by atoms with Crippen LogP contribution in [0.3, 0.4) is 0 Å². The molecule has 1 heterocycles. The van der Waals surface area contributed by atoms with E-state index in [0.29, 0.717) is 34.2 Å². The highest BCUT2D eigenvalue weighted by Crippen LogP contribution is 2.35. The third-order valence-electron chi connectivity index (χ3n) is 5.44. The lowest BCUT2D eigenvalue weighted by atomic mass is 10.0. The zero-order valence-electron chi connectivity index (χ0n) is 19.5. The Morgan fingerprint density at radius 1 is 1.03 bits per heavy atom.